The highest BCUT2D eigenvalue weighted by atomic mass is 32.2. The van der Waals surface area contributed by atoms with Crippen LogP contribution in [-0.2, 0) is 10.0 Å². The summed E-state index contributed by atoms with van der Waals surface area (Å²) < 4.78 is 46.6. The molecule has 2 saturated heterocycles. The summed E-state index contributed by atoms with van der Waals surface area (Å²) in [6, 6.07) is 3.68. The number of ether oxygens (including phenoxy) is 1. The molecule has 7 nitrogen and oxygen atoms in total. The van der Waals surface area contributed by atoms with Crippen LogP contribution in [0.2, 0.25) is 0 Å². The molecule has 2 aliphatic heterocycles. The van der Waals surface area contributed by atoms with Crippen LogP contribution in [0, 0.1) is 5.82 Å². The van der Waals surface area contributed by atoms with Gasteiger partial charge in [0.1, 0.15) is 0 Å². The third-order valence-corrected chi connectivity index (χ3v) is 7.10. The topological polar surface area (TPSA) is 77.3 Å². The maximum absolute atomic E-state index is 14.0. The van der Waals surface area contributed by atoms with E-state index in [1.54, 1.807) is 21.5 Å². The Bertz CT molecular complexity index is 858. The van der Waals surface area contributed by atoms with Crippen LogP contribution >= 0.6 is 0 Å². The molecule has 0 saturated carbocycles. The van der Waals surface area contributed by atoms with Crippen LogP contribution in [0.25, 0.3) is 0 Å². The predicted octanol–water partition coefficient (Wildman–Crippen LogP) is 1.98. The first-order valence-corrected chi connectivity index (χ1v) is 9.67. The van der Waals surface area contributed by atoms with Gasteiger partial charge in [0.15, 0.2) is 11.6 Å². The van der Waals surface area contributed by atoms with Crippen molar-refractivity contribution in [2.45, 2.75) is 48.7 Å². The summed E-state index contributed by atoms with van der Waals surface area (Å²) in [5.41, 5.74) is 0. The minimum atomic E-state index is -3.75. The summed E-state index contributed by atoms with van der Waals surface area (Å²) in [7, 11) is -2.40. The first-order chi connectivity index (χ1) is 12.0. The van der Waals surface area contributed by atoms with E-state index in [1.807, 2.05) is 0 Å². The number of benzene rings is 1. The van der Waals surface area contributed by atoms with Crippen molar-refractivity contribution in [1.29, 1.82) is 0 Å². The molecule has 0 amide bonds. The zero-order valence-corrected chi connectivity index (χ0v) is 14.6. The predicted molar refractivity (Wildman–Crippen MR) is 87.1 cm³/mol. The number of sulfonamides is 1. The van der Waals surface area contributed by atoms with Gasteiger partial charge in [-0.05, 0) is 43.9 Å². The summed E-state index contributed by atoms with van der Waals surface area (Å²) in [5, 5.41) is 8.37. The van der Waals surface area contributed by atoms with Gasteiger partial charge in [0.2, 0.25) is 10.0 Å². The molecule has 4 rings (SSSR count). The Kier molecular flexibility index (Phi) is 3.99. The lowest BCUT2D eigenvalue weighted by atomic mass is 10.0. The largest absolute Gasteiger partial charge is 0.494 e. The quantitative estimate of drug-likeness (QED) is 0.827. The summed E-state index contributed by atoms with van der Waals surface area (Å²) in [6.45, 7) is 0. The Morgan fingerprint density at radius 1 is 1.12 bits per heavy atom. The minimum Gasteiger partial charge on any atom is -0.494 e. The fourth-order valence-electron chi connectivity index (χ4n) is 4.03. The van der Waals surface area contributed by atoms with Gasteiger partial charge in [-0.1, -0.05) is 0 Å². The number of piperidine rings is 1. The Labute approximate surface area is 145 Å². The van der Waals surface area contributed by atoms with E-state index in [0.717, 1.165) is 18.9 Å². The molecule has 2 aromatic rings. The standard InChI is InChI=1S/C16H19FN4O3S/c1-24-16-5-4-14(10-15(16)17)25(22,23)20-11-2-3-12(20)9-13(8-11)21-18-6-7-19-21/h4-7,10-13H,2-3,8-9H2,1H3. The molecule has 134 valence electrons. The number of hydrogen-bond acceptors (Lipinski definition) is 5. The number of hydrogen-bond donors (Lipinski definition) is 0. The van der Waals surface area contributed by atoms with E-state index in [2.05, 4.69) is 10.2 Å². The van der Waals surface area contributed by atoms with Gasteiger partial charge in [-0.3, -0.25) is 0 Å². The van der Waals surface area contributed by atoms with Gasteiger partial charge in [0, 0.05) is 12.1 Å². The fraction of sp³-hybridized carbons (Fsp3) is 0.500. The molecule has 2 atom stereocenters. The molecule has 1 aromatic heterocycles. The SMILES string of the molecule is COc1ccc(S(=O)(=O)N2C3CCC2CC(n2nccn2)C3)cc1F. The van der Waals surface area contributed by atoms with E-state index in [4.69, 9.17) is 4.74 Å². The van der Waals surface area contributed by atoms with Crippen LogP contribution < -0.4 is 4.74 Å². The monoisotopic (exact) mass is 366 g/mol. The van der Waals surface area contributed by atoms with Crippen LogP contribution in [0.5, 0.6) is 5.75 Å². The summed E-state index contributed by atoms with van der Waals surface area (Å²) >= 11 is 0. The molecule has 3 heterocycles. The van der Waals surface area contributed by atoms with E-state index in [-0.39, 0.29) is 28.8 Å². The van der Waals surface area contributed by atoms with E-state index in [0.29, 0.717) is 12.8 Å². The lowest BCUT2D eigenvalue weighted by Crippen LogP contribution is -2.47. The lowest BCUT2D eigenvalue weighted by Gasteiger charge is -2.37. The van der Waals surface area contributed by atoms with E-state index in [9.17, 15) is 12.8 Å². The summed E-state index contributed by atoms with van der Waals surface area (Å²) in [6.07, 6.45) is 6.21. The zero-order chi connectivity index (χ0) is 17.6. The molecule has 9 heteroatoms. The number of rotatable bonds is 4. The third kappa shape index (κ3) is 2.71. The minimum absolute atomic E-state index is 0.0293. The summed E-state index contributed by atoms with van der Waals surface area (Å²) in [4.78, 5) is 1.64. The maximum atomic E-state index is 14.0. The Hall–Kier alpha value is -2.00. The Balaban J connectivity index is 1.63. The van der Waals surface area contributed by atoms with Gasteiger partial charge in [-0.15, -0.1) is 0 Å². The number of fused-ring (bicyclic) bond motifs is 2. The number of aromatic nitrogens is 3. The number of halogens is 1. The molecular formula is C16H19FN4O3S. The Morgan fingerprint density at radius 3 is 2.32 bits per heavy atom. The van der Waals surface area contributed by atoms with Gasteiger partial charge >= 0.3 is 0 Å². The highest BCUT2D eigenvalue weighted by Crippen LogP contribution is 2.43. The van der Waals surface area contributed by atoms with Crippen LogP contribution in [0.3, 0.4) is 0 Å². The van der Waals surface area contributed by atoms with Crippen molar-refractivity contribution in [1.82, 2.24) is 19.3 Å². The van der Waals surface area contributed by atoms with Crippen LogP contribution in [0.1, 0.15) is 31.7 Å². The highest BCUT2D eigenvalue weighted by Gasteiger charge is 2.48. The van der Waals surface area contributed by atoms with E-state index >= 15 is 0 Å². The molecular weight excluding hydrogens is 347 g/mol. The molecule has 0 aliphatic carbocycles. The number of nitrogens with zero attached hydrogens (tertiary/aromatic N) is 4. The second-order valence-electron chi connectivity index (χ2n) is 6.49. The van der Waals surface area contributed by atoms with Crippen LogP contribution in [0.15, 0.2) is 35.5 Å². The summed E-state index contributed by atoms with van der Waals surface area (Å²) in [5.74, 6) is -0.642. The van der Waals surface area contributed by atoms with Crippen molar-refractivity contribution >= 4 is 10.0 Å². The molecule has 0 radical (unpaired) electrons. The highest BCUT2D eigenvalue weighted by molar-refractivity contribution is 7.89. The van der Waals surface area contributed by atoms with Gasteiger partial charge in [0.05, 0.1) is 30.4 Å². The zero-order valence-electron chi connectivity index (χ0n) is 13.7. The molecule has 2 bridgehead atoms. The van der Waals surface area contributed by atoms with Gasteiger partial charge < -0.3 is 4.74 Å². The third-order valence-electron chi connectivity index (χ3n) is 5.10. The molecule has 25 heavy (non-hydrogen) atoms. The maximum Gasteiger partial charge on any atom is 0.243 e. The lowest BCUT2D eigenvalue weighted by molar-refractivity contribution is 0.174. The first-order valence-electron chi connectivity index (χ1n) is 8.23. The smallest absolute Gasteiger partial charge is 0.243 e. The Morgan fingerprint density at radius 2 is 1.76 bits per heavy atom. The normalized spacial score (nSPS) is 26.7. The average Bonchev–Trinajstić information content (AvgIpc) is 3.22. The molecule has 1 aromatic carbocycles. The molecule has 0 spiro atoms. The molecule has 2 unspecified atom stereocenters. The van der Waals surface area contributed by atoms with Crippen molar-refractivity contribution in [3.05, 3.63) is 36.4 Å². The number of methoxy groups -OCH3 is 1. The van der Waals surface area contributed by atoms with Gasteiger partial charge in [-0.2, -0.15) is 19.3 Å². The van der Waals surface area contributed by atoms with Crippen molar-refractivity contribution in [2.75, 3.05) is 7.11 Å². The second kappa shape index (κ2) is 6.06. The first kappa shape index (κ1) is 16.5. The van der Waals surface area contributed by atoms with Crippen LogP contribution in [-0.4, -0.2) is 46.9 Å². The molecule has 0 N–H and O–H groups in total. The van der Waals surface area contributed by atoms with Crippen LogP contribution in [0.4, 0.5) is 4.39 Å². The van der Waals surface area contributed by atoms with Crippen molar-refractivity contribution < 1.29 is 17.5 Å². The fourth-order valence-corrected chi connectivity index (χ4v) is 5.93. The van der Waals surface area contributed by atoms with Crippen molar-refractivity contribution in [2.24, 2.45) is 0 Å². The average molecular weight is 366 g/mol. The van der Waals surface area contributed by atoms with Crippen molar-refractivity contribution in [3.8, 4) is 5.75 Å². The van der Waals surface area contributed by atoms with E-state index in [1.165, 1.54) is 19.2 Å². The van der Waals surface area contributed by atoms with Crippen molar-refractivity contribution in [3.63, 3.8) is 0 Å². The van der Waals surface area contributed by atoms with Gasteiger partial charge in [-0.25, -0.2) is 12.8 Å². The molecule has 2 fully saturated rings. The molecule has 2 aliphatic rings. The second-order valence-corrected chi connectivity index (χ2v) is 8.33. The van der Waals surface area contributed by atoms with E-state index < -0.39 is 15.8 Å². The van der Waals surface area contributed by atoms with Gasteiger partial charge in [0.25, 0.3) is 0 Å².